The summed E-state index contributed by atoms with van der Waals surface area (Å²) in [7, 11) is 1.78. The molecule has 2 aromatic carbocycles. The predicted molar refractivity (Wildman–Crippen MR) is 178 cm³/mol. The van der Waals surface area contributed by atoms with Gasteiger partial charge in [-0.1, -0.05) is 12.1 Å². The van der Waals surface area contributed by atoms with Crippen LogP contribution < -0.4 is 10.2 Å². The van der Waals surface area contributed by atoms with Crippen molar-refractivity contribution in [1.29, 1.82) is 0 Å². The lowest BCUT2D eigenvalue weighted by molar-refractivity contribution is -0.133. The zero-order valence-electron chi connectivity index (χ0n) is 27.1. The van der Waals surface area contributed by atoms with Gasteiger partial charge in [0.25, 0.3) is 0 Å². The number of imidazole rings is 1. The Kier molecular flexibility index (Phi) is 7.62. The minimum Gasteiger partial charge on any atom is -0.375 e. The third-order valence-corrected chi connectivity index (χ3v) is 9.21. The van der Waals surface area contributed by atoms with Crippen LogP contribution in [0.1, 0.15) is 19.2 Å². The van der Waals surface area contributed by atoms with E-state index in [9.17, 15) is 13.6 Å². The highest BCUT2D eigenvalue weighted by molar-refractivity contribution is 5.93. The lowest BCUT2D eigenvalue weighted by Crippen LogP contribution is -2.47. The van der Waals surface area contributed by atoms with E-state index in [1.165, 1.54) is 23.3 Å². The number of halogens is 2. The standard InChI is InChI=1S/C34H33F2N11O2/c1-4-49-22-16-44(3)33(48)29-13-21(42-34-37-11-10-26(43-34)23-6-5-7-27-30(23)45(17-22)19(2)41-27)15-46(29)31-24-14-40-47(32(24)39-18-38-31)28-9-8-20(35)12-25(28)36/h5-12,14,18,21-22,29H,4,13,15-17H2,1-3H3,(H,37,42,43)/t21-,22-,29-/m0/s1. The summed E-state index contributed by atoms with van der Waals surface area (Å²) < 4.78 is 38.2. The second-order valence-electron chi connectivity index (χ2n) is 12.3. The molecule has 0 saturated carbocycles. The average Bonchev–Trinajstić information content (AvgIpc) is 3.79. The van der Waals surface area contributed by atoms with Crippen LogP contribution in [0.15, 0.2) is 61.2 Å². The second-order valence-corrected chi connectivity index (χ2v) is 12.3. The van der Waals surface area contributed by atoms with E-state index in [1.54, 1.807) is 18.1 Å². The molecule has 250 valence electrons. The molecule has 4 aromatic heterocycles. The Morgan fingerprint density at radius 2 is 1.92 bits per heavy atom. The van der Waals surface area contributed by atoms with Crippen LogP contribution >= 0.6 is 0 Å². The Balaban J connectivity index is 1.22. The minimum atomic E-state index is -0.779. The van der Waals surface area contributed by atoms with E-state index in [4.69, 9.17) is 14.7 Å². The zero-order chi connectivity index (χ0) is 33.8. The maximum Gasteiger partial charge on any atom is 0.245 e. The fourth-order valence-electron chi connectivity index (χ4n) is 7.04. The third-order valence-electron chi connectivity index (χ3n) is 9.21. The molecule has 0 spiro atoms. The van der Waals surface area contributed by atoms with E-state index in [2.05, 4.69) is 29.9 Å². The smallest absolute Gasteiger partial charge is 0.245 e. The third kappa shape index (κ3) is 5.39. The number of fused-ring (bicyclic) bond motifs is 6. The number of nitrogens with one attached hydrogen (secondary N) is 1. The number of ether oxygens (including phenoxy) is 1. The summed E-state index contributed by atoms with van der Waals surface area (Å²) in [5.74, 6) is 0.139. The first-order valence-corrected chi connectivity index (χ1v) is 16.1. The largest absolute Gasteiger partial charge is 0.375 e. The highest BCUT2D eigenvalue weighted by atomic mass is 19.1. The zero-order valence-corrected chi connectivity index (χ0v) is 27.1. The van der Waals surface area contributed by atoms with Gasteiger partial charge in [-0.15, -0.1) is 0 Å². The lowest BCUT2D eigenvalue weighted by Gasteiger charge is -2.31. The Bertz CT molecular complexity index is 2220. The van der Waals surface area contributed by atoms with Crippen LogP contribution in [0.4, 0.5) is 20.5 Å². The number of rotatable bonds is 4. The van der Waals surface area contributed by atoms with Crippen molar-refractivity contribution in [2.45, 2.75) is 45.0 Å². The van der Waals surface area contributed by atoms with Crippen LogP contribution in [0.25, 0.3) is 39.0 Å². The Morgan fingerprint density at radius 3 is 2.76 bits per heavy atom. The van der Waals surface area contributed by atoms with E-state index in [0.29, 0.717) is 55.5 Å². The van der Waals surface area contributed by atoms with Gasteiger partial charge in [-0.05, 0) is 44.5 Å². The Morgan fingerprint density at radius 1 is 1.04 bits per heavy atom. The van der Waals surface area contributed by atoms with Crippen molar-refractivity contribution in [3.05, 3.63) is 78.6 Å². The highest BCUT2D eigenvalue weighted by Crippen LogP contribution is 2.34. The van der Waals surface area contributed by atoms with Gasteiger partial charge in [0.05, 0.1) is 41.0 Å². The summed E-state index contributed by atoms with van der Waals surface area (Å²) in [5.41, 5.74) is 3.82. The molecule has 4 bridgehead atoms. The van der Waals surface area contributed by atoms with E-state index in [0.717, 1.165) is 40.2 Å². The molecule has 1 fully saturated rings. The number of hydrogen-bond donors (Lipinski definition) is 1. The van der Waals surface area contributed by atoms with Crippen molar-refractivity contribution in [3.63, 3.8) is 0 Å². The van der Waals surface area contributed by atoms with Gasteiger partial charge in [-0.25, -0.2) is 38.4 Å². The number of para-hydroxylation sites is 1. The topological polar surface area (TPSA) is 132 Å². The van der Waals surface area contributed by atoms with E-state index >= 15 is 0 Å². The number of carbonyl (C=O) groups excluding carboxylic acids is 1. The molecule has 0 aliphatic carbocycles. The summed E-state index contributed by atoms with van der Waals surface area (Å²) in [6, 6.07) is 10.3. The maximum atomic E-state index is 14.8. The first kappa shape index (κ1) is 30.7. The average molecular weight is 666 g/mol. The molecule has 15 heteroatoms. The molecule has 2 aliphatic heterocycles. The summed E-state index contributed by atoms with van der Waals surface area (Å²) in [4.78, 5) is 41.3. The van der Waals surface area contributed by atoms with Gasteiger partial charge in [-0.2, -0.15) is 5.10 Å². The SMILES string of the molecule is CCO[C@H]1CN(C)C(=O)[C@@H]2C[C@@H](CN2c2ncnc3c2cnn3-c2ccc(F)cc2F)Nc2nccc(n2)-c2cccc3nc(C)n(c23)C1. The molecule has 6 aromatic rings. The molecular weight excluding hydrogens is 632 g/mol. The normalized spacial score (nSPS) is 19.7. The van der Waals surface area contributed by atoms with E-state index < -0.39 is 17.7 Å². The number of amides is 1. The molecule has 8 rings (SSSR count). The summed E-state index contributed by atoms with van der Waals surface area (Å²) >= 11 is 0. The van der Waals surface area contributed by atoms with Crippen molar-refractivity contribution < 1.29 is 18.3 Å². The van der Waals surface area contributed by atoms with Crippen LogP contribution in [-0.4, -0.2) is 95.0 Å². The lowest BCUT2D eigenvalue weighted by atomic mass is 10.1. The molecular formula is C34H33F2N11O2. The summed E-state index contributed by atoms with van der Waals surface area (Å²) in [6.45, 7) is 5.58. The van der Waals surface area contributed by atoms with Gasteiger partial charge in [-0.3, -0.25) is 4.79 Å². The number of likely N-dealkylation sites (N-methyl/N-ethyl adjacent to an activating group) is 1. The van der Waals surface area contributed by atoms with Crippen LogP contribution in [-0.2, 0) is 16.1 Å². The molecule has 0 unspecified atom stereocenters. The van der Waals surface area contributed by atoms with Crippen molar-refractivity contribution in [1.82, 2.24) is 44.2 Å². The maximum absolute atomic E-state index is 14.8. The Labute approximate surface area is 279 Å². The molecule has 1 N–H and O–H groups in total. The number of benzene rings is 2. The predicted octanol–water partition coefficient (Wildman–Crippen LogP) is 4.15. The molecule has 1 saturated heterocycles. The number of aromatic nitrogens is 8. The number of nitrogens with zero attached hydrogens (tertiary/aromatic N) is 10. The monoisotopic (exact) mass is 665 g/mol. The minimum absolute atomic E-state index is 0.0433. The van der Waals surface area contributed by atoms with Crippen molar-refractivity contribution in [2.24, 2.45) is 0 Å². The summed E-state index contributed by atoms with van der Waals surface area (Å²) in [6.07, 6.45) is 4.72. The van der Waals surface area contributed by atoms with Gasteiger partial charge in [0.15, 0.2) is 11.5 Å². The molecule has 49 heavy (non-hydrogen) atoms. The number of aryl methyl sites for hydroxylation is 1. The molecule has 13 nitrogen and oxygen atoms in total. The Hall–Kier alpha value is -5.57. The first-order chi connectivity index (χ1) is 23.8. The molecule has 0 radical (unpaired) electrons. The fraction of sp³-hybridized carbons (Fsp3) is 0.324. The number of carbonyl (C=O) groups is 1. The molecule has 6 heterocycles. The van der Waals surface area contributed by atoms with Crippen LogP contribution in [0, 0.1) is 18.6 Å². The van der Waals surface area contributed by atoms with Crippen LogP contribution in [0.5, 0.6) is 0 Å². The fourth-order valence-corrected chi connectivity index (χ4v) is 7.04. The highest BCUT2D eigenvalue weighted by Gasteiger charge is 2.41. The van der Waals surface area contributed by atoms with Crippen molar-refractivity contribution >= 4 is 39.7 Å². The molecule has 1 amide bonds. The van der Waals surface area contributed by atoms with Crippen LogP contribution in [0.3, 0.4) is 0 Å². The second kappa shape index (κ2) is 12.1. The van der Waals surface area contributed by atoms with Gasteiger partial charge in [0, 0.05) is 50.6 Å². The number of hydrogen-bond acceptors (Lipinski definition) is 10. The molecule has 2 aliphatic rings. The first-order valence-electron chi connectivity index (χ1n) is 16.1. The number of anilines is 2. The van der Waals surface area contributed by atoms with Gasteiger partial charge in [0.1, 0.15) is 35.5 Å². The van der Waals surface area contributed by atoms with E-state index in [1.807, 2.05) is 43.0 Å². The van der Waals surface area contributed by atoms with E-state index in [-0.39, 0.29) is 23.7 Å². The van der Waals surface area contributed by atoms with Gasteiger partial charge < -0.3 is 24.4 Å². The van der Waals surface area contributed by atoms with Crippen molar-refractivity contribution in [2.75, 3.05) is 37.0 Å². The van der Waals surface area contributed by atoms with Crippen molar-refractivity contribution in [3.8, 4) is 16.9 Å². The van der Waals surface area contributed by atoms with Gasteiger partial charge >= 0.3 is 0 Å². The van der Waals surface area contributed by atoms with Gasteiger partial charge in [0.2, 0.25) is 11.9 Å². The van der Waals surface area contributed by atoms with Crippen LogP contribution in [0.2, 0.25) is 0 Å². The summed E-state index contributed by atoms with van der Waals surface area (Å²) in [5, 5.41) is 8.37. The molecule has 3 atom stereocenters. The quantitative estimate of drug-likeness (QED) is 0.293.